The van der Waals surface area contributed by atoms with Gasteiger partial charge in [0, 0.05) is 17.3 Å². The second kappa shape index (κ2) is 7.10. The maximum absolute atomic E-state index is 11.0. The van der Waals surface area contributed by atoms with Gasteiger partial charge < -0.3 is 9.84 Å². The number of ether oxygens (including phenoxy) is 1. The molecule has 1 atom stereocenters. The van der Waals surface area contributed by atoms with E-state index in [4.69, 9.17) is 4.74 Å². The molecular formula is C18H21BrO2. The van der Waals surface area contributed by atoms with Crippen LogP contribution in [-0.2, 0) is 12.8 Å². The normalized spacial score (nSPS) is 13.7. The van der Waals surface area contributed by atoms with Crippen LogP contribution in [0.25, 0.3) is 0 Å². The summed E-state index contributed by atoms with van der Waals surface area (Å²) in [4.78, 5) is 0. The minimum atomic E-state index is -0.768. The Morgan fingerprint density at radius 1 is 1.10 bits per heavy atom. The molecule has 0 heterocycles. The summed E-state index contributed by atoms with van der Waals surface area (Å²) in [6, 6.07) is 16.0. The topological polar surface area (TPSA) is 29.5 Å². The Kier molecular flexibility index (Phi) is 5.43. The zero-order chi connectivity index (χ0) is 15.3. The number of methoxy groups -OCH3 is 1. The second-order valence-electron chi connectivity index (χ2n) is 5.37. The van der Waals surface area contributed by atoms with E-state index in [-0.39, 0.29) is 0 Å². The zero-order valence-corrected chi connectivity index (χ0v) is 14.1. The van der Waals surface area contributed by atoms with Crippen LogP contribution < -0.4 is 4.74 Å². The molecule has 0 radical (unpaired) electrons. The molecule has 0 saturated heterocycles. The van der Waals surface area contributed by atoms with Crippen LogP contribution >= 0.6 is 15.9 Å². The van der Waals surface area contributed by atoms with Crippen molar-refractivity contribution in [1.29, 1.82) is 0 Å². The van der Waals surface area contributed by atoms with Crippen LogP contribution in [0.1, 0.15) is 24.5 Å². The van der Waals surface area contributed by atoms with Crippen molar-refractivity contribution in [2.45, 2.75) is 31.8 Å². The van der Waals surface area contributed by atoms with Gasteiger partial charge >= 0.3 is 0 Å². The molecule has 0 fully saturated rings. The number of rotatable bonds is 6. The zero-order valence-electron chi connectivity index (χ0n) is 12.5. The standard InChI is InChI=1S/C18H21BrO2/c1-3-18(20,12-14-7-5-4-6-8-14)13-15-11-16(19)9-10-17(15)21-2/h4-11,20H,3,12-13H2,1-2H3. The smallest absolute Gasteiger partial charge is 0.122 e. The molecule has 0 aromatic heterocycles. The second-order valence-corrected chi connectivity index (χ2v) is 6.29. The summed E-state index contributed by atoms with van der Waals surface area (Å²) >= 11 is 3.48. The predicted octanol–water partition coefficient (Wildman–Crippen LogP) is 4.38. The van der Waals surface area contributed by atoms with Crippen LogP contribution in [0.5, 0.6) is 5.75 Å². The summed E-state index contributed by atoms with van der Waals surface area (Å²) in [7, 11) is 1.66. The van der Waals surface area contributed by atoms with Crippen molar-refractivity contribution in [3.05, 3.63) is 64.1 Å². The van der Waals surface area contributed by atoms with Crippen molar-refractivity contribution >= 4 is 15.9 Å². The molecule has 2 nitrogen and oxygen atoms in total. The Bertz CT molecular complexity index is 583. The molecule has 0 bridgehead atoms. The third-order valence-corrected chi connectivity index (χ3v) is 4.29. The average molecular weight is 349 g/mol. The maximum Gasteiger partial charge on any atom is 0.122 e. The number of benzene rings is 2. The van der Waals surface area contributed by atoms with Gasteiger partial charge in [0.1, 0.15) is 5.75 Å². The monoisotopic (exact) mass is 348 g/mol. The van der Waals surface area contributed by atoms with Gasteiger partial charge in [0.25, 0.3) is 0 Å². The lowest BCUT2D eigenvalue weighted by Gasteiger charge is -2.28. The molecule has 2 aromatic carbocycles. The van der Waals surface area contributed by atoms with Gasteiger partial charge in [0.05, 0.1) is 12.7 Å². The highest BCUT2D eigenvalue weighted by Crippen LogP contribution is 2.29. The fourth-order valence-electron chi connectivity index (χ4n) is 2.53. The van der Waals surface area contributed by atoms with E-state index in [1.807, 2.05) is 43.3 Å². The highest BCUT2D eigenvalue weighted by atomic mass is 79.9. The molecule has 2 rings (SSSR count). The van der Waals surface area contributed by atoms with Crippen LogP contribution in [0.2, 0.25) is 0 Å². The van der Waals surface area contributed by atoms with Crippen LogP contribution in [0.4, 0.5) is 0 Å². The van der Waals surface area contributed by atoms with Gasteiger partial charge in [-0.1, -0.05) is 53.2 Å². The van der Waals surface area contributed by atoms with E-state index in [0.717, 1.165) is 21.3 Å². The van der Waals surface area contributed by atoms with Crippen LogP contribution in [-0.4, -0.2) is 17.8 Å². The number of aliphatic hydroxyl groups is 1. The van der Waals surface area contributed by atoms with Crippen molar-refractivity contribution in [2.75, 3.05) is 7.11 Å². The Labute approximate surface area is 134 Å². The summed E-state index contributed by atoms with van der Waals surface area (Å²) in [6.45, 7) is 2.02. The first-order chi connectivity index (χ1) is 10.1. The van der Waals surface area contributed by atoms with E-state index in [2.05, 4.69) is 28.1 Å². The highest BCUT2D eigenvalue weighted by Gasteiger charge is 2.27. The molecule has 1 unspecified atom stereocenters. The van der Waals surface area contributed by atoms with E-state index < -0.39 is 5.60 Å². The highest BCUT2D eigenvalue weighted by molar-refractivity contribution is 9.10. The van der Waals surface area contributed by atoms with Gasteiger partial charge in [-0.25, -0.2) is 0 Å². The molecule has 0 aliphatic rings. The van der Waals surface area contributed by atoms with Crippen molar-refractivity contribution in [1.82, 2.24) is 0 Å². The fraction of sp³-hybridized carbons (Fsp3) is 0.333. The number of hydrogen-bond donors (Lipinski definition) is 1. The Morgan fingerprint density at radius 3 is 2.43 bits per heavy atom. The summed E-state index contributed by atoms with van der Waals surface area (Å²) in [5, 5.41) is 11.0. The van der Waals surface area contributed by atoms with Crippen molar-refractivity contribution in [2.24, 2.45) is 0 Å². The minimum absolute atomic E-state index is 0.570. The summed E-state index contributed by atoms with van der Waals surface area (Å²) < 4.78 is 6.41. The molecule has 3 heteroatoms. The summed E-state index contributed by atoms with van der Waals surface area (Å²) in [6.07, 6.45) is 1.90. The molecule has 112 valence electrons. The lowest BCUT2D eigenvalue weighted by atomic mass is 9.85. The molecule has 0 saturated carbocycles. The molecule has 0 aliphatic carbocycles. The molecule has 2 aromatic rings. The van der Waals surface area contributed by atoms with Gasteiger partial charge in [-0.2, -0.15) is 0 Å². The van der Waals surface area contributed by atoms with Crippen molar-refractivity contribution in [3.63, 3.8) is 0 Å². The molecule has 0 spiro atoms. The number of hydrogen-bond acceptors (Lipinski definition) is 2. The van der Waals surface area contributed by atoms with E-state index in [0.29, 0.717) is 19.3 Å². The van der Waals surface area contributed by atoms with Gasteiger partial charge in [0.2, 0.25) is 0 Å². The third-order valence-electron chi connectivity index (χ3n) is 3.80. The van der Waals surface area contributed by atoms with Gasteiger partial charge in [-0.3, -0.25) is 0 Å². The maximum atomic E-state index is 11.0. The molecular weight excluding hydrogens is 328 g/mol. The first kappa shape index (κ1) is 16.1. The number of halogens is 1. The Balaban J connectivity index is 2.23. The summed E-state index contributed by atoms with van der Waals surface area (Å²) in [5.74, 6) is 0.818. The Hall–Kier alpha value is -1.32. The van der Waals surface area contributed by atoms with E-state index in [1.165, 1.54) is 0 Å². The van der Waals surface area contributed by atoms with Crippen LogP contribution in [0.15, 0.2) is 53.0 Å². The minimum Gasteiger partial charge on any atom is -0.496 e. The first-order valence-electron chi connectivity index (χ1n) is 7.15. The molecule has 21 heavy (non-hydrogen) atoms. The first-order valence-corrected chi connectivity index (χ1v) is 7.94. The lowest BCUT2D eigenvalue weighted by Crippen LogP contribution is -2.33. The van der Waals surface area contributed by atoms with Crippen molar-refractivity contribution in [3.8, 4) is 5.75 Å². The third kappa shape index (κ3) is 4.32. The van der Waals surface area contributed by atoms with Gasteiger partial charge in [0.15, 0.2) is 0 Å². The average Bonchev–Trinajstić information content (AvgIpc) is 2.48. The van der Waals surface area contributed by atoms with Crippen LogP contribution in [0, 0.1) is 0 Å². The van der Waals surface area contributed by atoms with Crippen LogP contribution in [0.3, 0.4) is 0 Å². The largest absolute Gasteiger partial charge is 0.496 e. The molecule has 1 N–H and O–H groups in total. The summed E-state index contributed by atoms with van der Waals surface area (Å²) in [5.41, 5.74) is 1.40. The Morgan fingerprint density at radius 2 is 1.81 bits per heavy atom. The van der Waals surface area contributed by atoms with Gasteiger partial charge in [-0.15, -0.1) is 0 Å². The lowest BCUT2D eigenvalue weighted by molar-refractivity contribution is 0.0363. The fourth-order valence-corrected chi connectivity index (χ4v) is 2.94. The van der Waals surface area contributed by atoms with E-state index in [9.17, 15) is 5.11 Å². The quantitative estimate of drug-likeness (QED) is 0.838. The van der Waals surface area contributed by atoms with Gasteiger partial charge in [-0.05, 0) is 35.7 Å². The predicted molar refractivity (Wildman–Crippen MR) is 89.8 cm³/mol. The molecule has 0 amide bonds. The SMILES string of the molecule is CCC(O)(Cc1ccccc1)Cc1cc(Br)ccc1OC. The van der Waals surface area contributed by atoms with Crippen molar-refractivity contribution < 1.29 is 9.84 Å². The van der Waals surface area contributed by atoms with E-state index in [1.54, 1.807) is 7.11 Å². The van der Waals surface area contributed by atoms with E-state index >= 15 is 0 Å². The molecule has 0 aliphatic heterocycles.